The van der Waals surface area contributed by atoms with Crippen molar-refractivity contribution >= 4 is 17.3 Å². The molecule has 0 aliphatic rings. The van der Waals surface area contributed by atoms with Gasteiger partial charge in [0.2, 0.25) is 0 Å². The Kier molecular flexibility index (Phi) is 3.85. The Balaban J connectivity index is 2.51. The van der Waals surface area contributed by atoms with Crippen LogP contribution in [0.2, 0.25) is 0 Å². The molecule has 0 bridgehead atoms. The highest BCUT2D eigenvalue weighted by atomic mass is 32.1. The van der Waals surface area contributed by atoms with Crippen molar-refractivity contribution in [1.82, 2.24) is 4.98 Å². The molecule has 1 aromatic heterocycles. The first-order valence-electron chi connectivity index (χ1n) is 5.90. The lowest BCUT2D eigenvalue weighted by atomic mass is 10.0. The van der Waals surface area contributed by atoms with Gasteiger partial charge in [-0.3, -0.25) is 0 Å². The summed E-state index contributed by atoms with van der Waals surface area (Å²) in [5.41, 5.74) is 2.08. The van der Waals surface area contributed by atoms with E-state index >= 15 is 0 Å². The molecule has 19 heavy (non-hydrogen) atoms. The minimum absolute atomic E-state index is 0.0667. The van der Waals surface area contributed by atoms with Gasteiger partial charge in [0.25, 0.3) is 0 Å². The predicted molar refractivity (Wildman–Crippen MR) is 75.2 cm³/mol. The van der Waals surface area contributed by atoms with Crippen molar-refractivity contribution in [3.8, 4) is 16.3 Å². The van der Waals surface area contributed by atoms with Gasteiger partial charge in [-0.2, -0.15) is 0 Å². The number of aromatic nitrogens is 1. The Labute approximate surface area is 115 Å². The molecule has 1 heterocycles. The first-order valence-corrected chi connectivity index (χ1v) is 6.78. The van der Waals surface area contributed by atoms with Crippen LogP contribution in [0.1, 0.15) is 35.8 Å². The van der Waals surface area contributed by atoms with Crippen molar-refractivity contribution in [1.29, 1.82) is 0 Å². The molecule has 0 unspecified atom stereocenters. The molecule has 1 aromatic carbocycles. The number of aromatic carboxylic acids is 1. The summed E-state index contributed by atoms with van der Waals surface area (Å²) in [4.78, 5) is 15.0. The minimum atomic E-state index is -1.01. The molecule has 100 valence electrons. The van der Waals surface area contributed by atoms with E-state index in [1.807, 2.05) is 18.2 Å². The highest BCUT2D eigenvalue weighted by Gasteiger charge is 2.15. The topological polar surface area (TPSA) is 59.4 Å². The molecule has 2 aromatic rings. The number of ether oxygens (including phenoxy) is 1. The molecule has 0 amide bonds. The highest BCUT2D eigenvalue weighted by molar-refractivity contribution is 7.13. The van der Waals surface area contributed by atoms with Gasteiger partial charge in [0.05, 0.1) is 12.7 Å². The van der Waals surface area contributed by atoms with E-state index in [0.29, 0.717) is 16.7 Å². The van der Waals surface area contributed by atoms with Gasteiger partial charge in [-0.1, -0.05) is 19.9 Å². The zero-order chi connectivity index (χ0) is 14.0. The zero-order valence-electron chi connectivity index (χ0n) is 11.0. The van der Waals surface area contributed by atoms with E-state index in [4.69, 9.17) is 9.84 Å². The van der Waals surface area contributed by atoms with Crippen molar-refractivity contribution in [2.45, 2.75) is 19.8 Å². The maximum absolute atomic E-state index is 10.9. The second kappa shape index (κ2) is 5.40. The molecule has 0 spiro atoms. The molecule has 2 rings (SSSR count). The summed E-state index contributed by atoms with van der Waals surface area (Å²) in [6, 6.07) is 5.92. The molecule has 4 nitrogen and oxygen atoms in total. The number of thiazole rings is 1. The van der Waals surface area contributed by atoms with E-state index < -0.39 is 5.97 Å². The second-order valence-electron chi connectivity index (χ2n) is 4.46. The third-order valence-corrected chi connectivity index (χ3v) is 3.72. The van der Waals surface area contributed by atoms with E-state index in [2.05, 4.69) is 18.8 Å². The monoisotopic (exact) mass is 277 g/mol. The number of nitrogens with zero attached hydrogens (tertiary/aromatic N) is 1. The third-order valence-electron chi connectivity index (χ3n) is 2.84. The largest absolute Gasteiger partial charge is 0.496 e. The molecule has 0 atom stereocenters. The van der Waals surface area contributed by atoms with Gasteiger partial charge in [0.15, 0.2) is 5.69 Å². The van der Waals surface area contributed by atoms with Gasteiger partial charge in [0.1, 0.15) is 10.8 Å². The fourth-order valence-electron chi connectivity index (χ4n) is 1.75. The fourth-order valence-corrected chi connectivity index (χ4v) is 2.56. The molecular formula is C14H15NO3S. The Morgan fingerprint density at radius 3 is 2.68 bits per heavy atom. The number of rotatable bonds is 4. The molecule has 1 N–H and O–H groups in total. The van der Waals surface area contributed by atoms with E-state index in [-0.39, 0.29) is 5.69 Å². The average Bonchev–Trinajstić information content (AvgIpc) is 2.87. The average molecular weight is 277 g/mol. The first-order chi connectivity index (χ1) is 9.02. The molecule has 0 saturated carbocycles. The van der Waals surface area contributed by atoms with Crippen LogP contribution in [0.4, 0.5) is 0 Å². The zero-order valence-corrected chi connectivity index (χ0v) is 11.8. The van der Waals surface area contributed by atoms with Gasteiger partial charge in [-0.15, -0.1) is 11.3 Å². The first kappa shape index (κ1) is 13.5. The number of hydrogen-bond acceptors (Lipinski definition) is 4. The maximum Gasteiger partial charge on any atom is 0.355 e. The SMILES string of the molecule is COc1ccc(C(C)C)cc1-c1nc(C(=O)O)cs1. The van der Waals surface area contributed by atoms with E-state index in [0.717, 1.165) is 5.56 Å². The Morgan fingerprint density at radius 1 is 1.42 bits per heavy atom. The van der Waals surface area contributed by atoms with Crippen molar-refractivity contribution < 1.29 is 14.6 Å². The van der Waals surface area contributed by atoms with Gasteiger partial charge in [0, 0.05) is 5.38 Å². The number of carboxylic acids is 1. The highest BCUT2D eigenvalue weighted by Crippen LogP contribution is 2.34. The molecular weight excluding hydrogens is 262 g/mol. The lowest BCUT2D eigenvalue weighted by molar-refractivity contribution is 0.0691. The normalized spacial score (nSPS) is 10.7. The number of benzene rings is 1. The lowest BCUT2D eigenvalue weighted by Gasteiger charge is -2.11. The van der Waals surface area contributed by atoms with Crippen molar-refractivity contribution in [3.05, 3.63) is 34.8 Å². The van der Waals surface area contributed by atoms with Crippen molar-refractivity contribution in [2.24, 2.45) is 0 Å². The van der Waals surface area contributed by atoms with Gasteiger partial charge >= 0.3 is 5.97 Å². The van der Waals surface area contributed by atoms with Gasteiger partial charge in [-0.05, 0) is 23.6 Å². The minimum Gasteiger partial charge on any atom is -0.496 e. The summed E-state index contributed by atoms with van der Waals surface area (Å²) in [5, 5.41) is 11.1. The van der Waals surface area contributed by atoms with Crippen LogP contribution in [0.25, 0.3) is 10.6 Å². The van der Waals surface area contributed by atoms with E-state index in [9.17, 15) is 4.79 Å². The summed E-state index contributed by atoms with van der Waals surface area (Å²) in [6.07, 6.45) is 0. The predicted octanol–water partition coefficient (Wildman–Crippen LogP) is 3.64. The van der Waals surface area contributed by atoms with E-state index in [1.54, 1.807) is 12.5 Å². The Morgan fingerprint density at radius 2 is 2.16 bits per heavy atom. The standard InChI is InChI=1S/C14H15NO3S/c1-8(2)9-4-5-12(18-3)10(6-9)13-15-11(7-19-13)14(16)17/h4-8H,1-3H3,(H,16,17). The molecule has 0 aliphatic carbocycles. The van der Waals surface area contributed by atoms with Crippen LogP contribution in [-0.4, -0.2) is 23.2 Å². The lowest BCUT2D eigenvalue weighted by Crippen LogP contribution is -1.96. The van der Waals surface area contributed by atoms with Crippen molar-refractivity contribution in [3.63, 3.8) is 0 Å². The van der Waals surface area contributed by atoms with Crippen LogP contribution in [0.5, 0.6) is 5.75 Å². The van der Waals surface area contributed by atoms with Crippen LogP contribution >= 0.6 is 11.3 Å². The van der Waals surface area contributed by atoms with E-state index in [1.165, 1.54) is 16.9 Å². The summed E-state index contributed by atoms with van der Waals surface area (Å²) >= 11 is 1.31. The summed E-state index contributed by atoms with van der Waals surface area (Å²) in [6.45, 7) is 4.21. The number of carbonyl (C=O) groups is 1. The Hall–Kier alpha value is -1.88. The summed E-state index contributed by atoms with van der Waals surface area (Å²) in [7, 11) is 1.60. The van der Waals surface area contributed by atoms with Crippen LogP contribution in [0.3, 0.4) is 0 Å². The van der Waals surface area contributed by atoms with Crippen LogP contribution < -0.4 is 4.74 Å². The van der Waals surface area contributed by atoms with Crippen LogP contribution in [0, 0.1) is 0 Å². The summed E-state index contributed by atoms with van der Waals surface area (Å²) in [5.74, 6) is 0.0840. The van der Waals surface area contributed by atoms with Gasteiger partial charge in [-0.25, -0.2) is 9.78 Å². The van der Waals surface area contributed by atoms with Gasteiger partial charge < -0.3 is 9.84 Å². The number of carboxylic acid groups (broad SMARTS) is 1. The van der Waals surface area contributed by atoms with Crippen LogP contribution in [-0.2, 0) is 0 Å². The van der Waals surface area contributed by atoms with Crippen LogP contribution in [0.15, 0.2) is 23.6 Å². The number of methoxy groups -OCH3 is 1. The molecule has 0 aliphatic heterocycles. The van der Waals surface area contributed by atoms with Crippen molar-refractivity contribution in [2.75, 3.05) is 7.11 Å². The third kappa shape index (κ3) is 2.76. The quantitative estimate of drug-likeness (QED) is 0.926. The smallest absolute Gasteiger partial charge is 0.355 e. The fraction of sp³-hybridized carbons (Fsp3) is 0.286. The maximum atomic E-state index is 10.9. The molecule has 0 fully saturated rings. The molecule has 0 saturated heterocycles. The molecule has 5 heteroatoms. The molecule has 0 radical (unpaired) electrons. The second-order valence-corrected chi connectivity index (χ2v) is 5.32. The Bertz CT molecular complexity index is 604. The summed E-state index contributed by atoms with van der Waals surface area (Å²) < 4.78 is 5.32. The number of hydrogen-bond donors (Lipinski definition) is 1.